The maximum Gasteiger partial charge on any atom is 0.160 e. The molecule has 10 aromatic rings. The highest BCUT2D eigenvalue weighted by molar-refractivity contribution is 6.10. The van der Waals surface area contributed by atoms with E-state index < -0.39 is 0 Å². The van der Waals surface area contributed by atoms with E-state index in [1.807, 2.05) is 18.2 Å². The molecule has 0 fully saturated rings. The third-order valence-electron chi connectivity index (χ3n) is 9.63. The van der Waals surface area contributed by atoms with E-state index >= 15 is 0 Å². The minimum atomic E-state index is 0.676. The highest BCUT2D eigenvalue weighted by Crippen LogP contribution is 2.38. The highest BCUT2D eigenvalue weighted by Gasteiger charge is 2.18. The average Bonchev–Trinajstić information content (AvgIpc) is 3.73. The smallest absolute Gasteiger partial charge is 0.160 e. The van der Waals surface area contributed by atoms with Crippen molar-refractivity contribution in [3.05, 3.63) is 176 Å². The SMILES string of the molecule is c1ccc(-c2cc(-c3ccccc3-n3c4ccccc4c4ccccc43)nc(-c3cccc(-c4ccc5oc6ccccc6c5c4)c3)n2)cc1. The van der Waals surface area contributed by atoms with Crippen LogP contribution in [0.15, 0.2) is 180 Å². The van der Waals surface area contributed by atoms with Crippen molar-refractivity contribution in [3.63, 3.8) is 0 Å². The zero-order valence-electron chi connectivity index (χ0n) is 27.0. The molecule has 0 atom stereocenters. The van der Waals surface area contributed by atoms with Crippen molar-refractivity contribution in [2.45, 2.75) is 0 Å². The minimum absolute atomic E-state index is 0.676. The van der Waals surface area contributed by atoms with Crippen LogP contribution in [0, 0.1) is 0 Å². The van der Waals surface area contributed by atoms with Gasteiger partial charge < -0.3 is 8.98 Å². The normalized spacial score (nSPS) is 11.6. The van der Waals surface area contributed by atoms with Gasteiger partial charge in [-0.05, 0) is 59.7 Å². The Balaban J connectivity index is 1.16. The maximum atomic E-state index is 6.11. The number of furan rings is 1. The van der Waals surface area contributed by atoms with Crippen LogP contribution in [-0.4, -0.2) is 14.5 Å². The Kier molecular flexibility index (Phi) is 6.46. The largest absolute Gasteiger partial charge is 0.456 e. The molecule has 0 aliphatic rings. The van der Waals surface area contributed by atoms with Crippen LogP contribution in [0.4, 0.5) is 0 Å². The van der Waals surface area contributed by atoms with Crippen molar-refractivity contribution in [2.24, 2.45) is 0 Å². The standard InChI is InChI=1S/C46H29N3O/c1-2-13-30(14-3-1)39-29-40(37-20-6-10-23-43(37)49-41-21-8-4-17-34(41)35-18-5-9-22-42(35)49)48-46(47-39)33-16-12-15-31(27-33)32-25-26-45-38(28-32)36-19-7-11-24-44(36)50-45/h1-29H. The van der Waals surface area contributed by atoms with E-state index in [1.54, 1.807) is 0 Å². The molecule has 4 nitrogen and oxygen atoms in total. The molecule has 0 aliphatic carbocycles. The Morgan fingerprint density at radius 2 is 0.980 bits per heavy atom. The molecule has 50 heavy (non-hydrogen) atoms. The summed E-state index contributed by atoms with van der Waals surface area (Å²) >= 11 is 0. The van der Waals surface area contributed by atoms with Crippen molar-refractivity contribution in [1.82, 2.24) is 14.5 Å². The maximum absolute atomic E-state index is 6.11. The topological polar surface area (TPSA) is 43.9 Å². The van der Waals surface area contributed by atoms with Crippen molar-refractivity contribution in [3.8, 4) is 50.7 Å². The summed E-state index contributed by atoms with van der Waals surface area (Å²) in [7, 11) is 0. The molecule has 0 radical (unpaired) electrons. The lowest BCUT2D eigenvalue weighted by atomic mass is 10.00. The Labute approximate surface area is 288 Å². The predicted octanol–water partition coefficient (Wildman–Crippen LogP) is 12.1. The van der Waals surface area contributed by atoms with E-state index in [2.05, 4.69) is 162 Å². The summed E-state index contributed by atoms with van der Waals surface area (Å²) < 4.78 is 8.47. The van der Waals surface area contributed by atoms with Gasteiger partial charge in [-0.2, -0.15) is 0 Å². The van der Waals surface area contributed by atoms with Gasteiger partial charge in [0.1, 0.15) is 11.2 Å². The molecular formula is C46H29N3O. The fourth-order valence-corrected chi connectivity index (χ4v) is 7.28. The monoisotopic (exact) mass is 639 g/mol. The second kappa shape index (κ2) is 11.4. The number of nitrogens with zero attached hydrogens (tertiary/aromatic N) is 3. The molecular weight excluding hydrogens is 611 g/mol. The molecule has 0 saturated carbocycles. The molecule has 3 heterocycles. The first kappa shape index (κ1) is 28.3. The summed E-state index contributed by atoms with van der Waals surface area (Å²) in [6, 6.07) is 61.4. The number of hydrogen-bond acceptors (Lipinski definition) is 3. The van der Waals surface area contributed by atoms with Gasteiger partial charge in [-0.15, -0.1) is 0 Å². The zero-order valence-corrected chi connectivity index (χ0v) is 27.0. The van der Waals surface area contributed by atoms with Gasteiger partial charge in [-0.3, -0.25) is 0 Å². The Morgan fingerprint density at radius 3 is 1.80 bits per heavy atom. The number of benzene rings is 7. The molecule has 3 aromatic heterocycles. The molecule has 234 valence electrons. The lowest BCUT2D eigenvalue weighted by molar-refractivity contribution is 0.669. The number of fused-ring (bicyclic) bond motifs is 6. The molecule has 0 aliphatic heterocycles. The van der Waals surface area contributed by atoms with E-state index in [4.69, 9.17) is 14.4 Å². The van der Waals surface area contributed by atoms with E-state index in [-0.39, 0.29) is 0 Å². The van der Waals surface area contributed by atoms with Crippen LogP contribution in [0.5, 0.6) is 0 Å². The van der Waals surface area contributed by atoms with Gasteiger partial charge in [-0.1, -0.05) is 127 Å². The summed E-state index contributed by atoms with van der Waals surface area (Å²) in [4.78, 5) is 10.5. The van der Waals surface area contributed by atoms with Gasteiger partial charge in [0.05, 0.1) is 28.1 Å². The van der Waals surface area contributed by atoms with Crippen LogP contribution in [-0.2, 0) is 0 Å². The van der Waals surface area contributed by atoms with E-state index in [0.717, 1.165) is 77.9 Å². The average molecular weight is 640 g/mol. The number of aromatic nitrogens is 3. The molecule has 0 bridgehead atoms. The van der Waals surface area contributed by atoms with E-state index in [0.29, 0.717) is 5.82 Å². The highest BCUT2D eigenvalue weighted by atomic mass is 16.3. The van der Waals surface area contributed by atoms with Crippen molar-refractivity contribution in [1.29, 1.82) is 0 Å². The van der Waals surface area contributed by atoms with E-state index in [9.17, 15) is 0 Å². The van der Waals surface area contributed by atoms with Crippen LogP contribution >= 0.6 is 0 Å². The van der Waals surface area contributed by atoms with Crippen molar-refractivity contribution < 1.29 is 4.42 Å². The molecule has 0 N–H and O–H groups in total. The van der Waals surface area contributed by atoms with Gasteiger partial charge in [0.25, 0.3) is 0 Å². The van der Waals surface area contributed by atoms with Gasteiger partial charge >= 0.3 is 0 Å². The zero-order chi connectivity index (χ0) is 33.0. The summed E-state index contributed by atoms with van der Waals surface area (Å²) in [6.07, 6.45) is 0. The Hall–Kier alpha value is -6.78. The third kappa shape index (κ3) is 4.61. The second-order valence-electron chi connectivity index (χ2n) is 12.6. The van der Waals surface area contributed by atoms with Crippen LogP contribution in [0.25, 0.3) is 94.5 Å². The van der Waals surface area contributed by atoms with Crippen LogP contribution in [0.2, 0.25) is 0 Å². The molecule has 10 rings (SSSR count). The van der Waals surface area contributed by atoms with Crippen LogP contribution < -0.4 is 0 Å². The first-order valence-electron chi connectivity index (χ1n) is 16.8. The quantitative estimate of drug-likeness (QED) is 0.188. The van der Waals surface area contributed by atoms with Crippen molar-refractivity contribution in [2.75, 3.05) is 0 Å². The lowest BCUT2D eigenvalue weighted by Gasteiger charge is -2.15. The number of hydrogen-bond donors (Lipinski definition) is 0. The Morgan fingerprint density at radius 1 is 0.380 bits per heavy atom. The van der Waals surface area contributed by atoms with Crippen LogP contribution in [0.3, 0.4) is 0 Å². The first-order chi connectivity index (χ1) is 24.8. The second-order valence-corrected chi connectivity index (χ2v) is 12.6. The van der Waals surface area contributed by atoms with E-state index in [1.165, 1.54) is 10.8 Å². The third-order valence-corrected chi connectivity index (χ3v) is 9.63. The fraction of sp³-hybridized carbons (Fsp3) is 0. The van der Waals surface area contributed by atoms with Gasteiger partial charge in [0, 0.05) is 38.2 Å². The fourth-order valence-electron chi connectivity index (χ4n) is 7.28. The lowest BCUT2D eigenvalue weighted by Crippen LogP contribution is -2.00. The molecule has 0 spiro atoms. The van der Waals surface area contributed by atoms with Crippen molar-refractivity contribution >= 4 is 43.7 Å². The minimum Gasteiger partial charge on any atom is -0.456 e. The summed E-state index contributed by atoms with van der Waals surface area (Å²) in [5, 5.41) is 4.68. The first-order valence-corrected chi connectivity index (χ1v) is 16.8. The number of rotatable bonds is 5. The summed E-state index contributed by atoms with van der Waals surface area (Å²) in [5.41, 5.74) is 12.1. The van der Waals surface area contributed by atoms with Gasteiger partial charge in [0.2, 0.25) is 0 Å². The molecule has 4 heteroatoms. The summed E-state index contributed by atoms with van der Waals surface area (Å²) in [5.74, 6) is 0.676. The molecule has 7 aromatic carbocycles. The van der Waals surface area contributed by atoms with Gasteiger partial charge in [0.15, 0.2) is 5.82 Å². The molecule has 0 unspecified atom stereocenters. The van der Waals surface area contributed by atoms with Gasteiger partial charge in [-0.25, -0.2) is 9.97 Å². The predicted molar refractivity (Wildman–Crippen MR) is 205 cm³/mol. The molecule has 0 amide bonds. The summed E-state index contributed by atoms with van der Waals surface area (Å²) in [6.45, 7) is 0. The van der Waals surface area contributed by atoms with Crippen LogP contribution in [0.1, 0.15) is 0 Å². The Bertz CT molecular complexity index is 2830. The number of para-hydroxylation sites is 4. The molecule has 0 saturated heterocycles.